The molecule has 2 nitrogen and oxygen atoms in total. The first-order chi connectivity index (χ1) is 7.25. The number of hydrogen-bond acceptors (Lipinski definition) is 1. The van der Waals surface area contributed by atoms with Crippen LogP contribution in [0.3, 0.4) is 0 Å². The lowest BCUT2D eigenvalue weighted by molar-refractivity contribution is -0.613. The quantitative estimate of drug-likeness (QED) is 0.538. The Hall–Kier alpha value is -1.83. The Morgan fingerprint density at radius 3 is 2.47 bits per heavy atom. The molecule has 0 N–H and O–H groups in total. The third-order valence-corrected chi connectivity index (χ3v) is 2.41. The van der Waals surface area contributed by atoms with Crippen molar-refractivity contribution in [1.29, 1.82) is 0 Å². The average molecular weight is 199 g/mol. The Labute approximate surface area is 89.4 Å². The van der Waals surface area contributed by atoms with Gasteiger partial charge in [-0.05, 0) is 12.5 Å². The molecule has 1 heterocycles. The van der Waals surface area contributed by atoms with E-state index >= 15 is 0 Å². The van der Waals surface area contributed by atoms with Gasteiger partial charge in [-0.25, -0.2) is 0 Å². The molecular weight excluding hydrogens is 186 g/mol. The molecular formula is C13H13NO. The maximum Gasteiger partial charge on any atom is 0.197 e. The van der Waals surface area contributed by atoms with Crippen LogP contribution < -0.4 is 4.73 Å². The second-order valence-corrected chi connectivity index (χ2v) is 3.68. The van der Waals surface area contributed by atoms with Crippen molar-refractivity contribution >= 4 is 0 Å². The summed E-state index contributed by atoms with van der Waals surface area (Å²) in [4.78, 5) is 0. The molecule has 0 saturated carbocycles. The minimum atomic E-state index is 0.685. The van der Waals surface area contributed by atoms with Gasteiger partial charge in [0, 0.05) is 12.1 Å². The fourth-order valence-electron chi connectivity index (χ4n) is 1.52. The molecule has 15 heavy (non-hydrogen) atoms. The molecule has 0 aliphatic heterocycles. The van der Waals surface area contributed by atoms with Crippen LogP contribution in [0.1, 0.15) is 16.8 Å². The van der Waals surface area contributed by atoms with Gasteiger partial charge in [-0.3, -0.25) is 0 Å². The zero-order valence-corrected chi connectivity index (χ0v) is 8.68. The number of benzene rings is 1. The Balaban J connectivity index is 2.22. The zero-order chi connectivity index (χ0) is 10.7. The fraction of sp³-hybridized carbons (Fsp3) is 0.154. The van der Waals surface area contributed by atoms with Crippen LogP contribution in [0.5, 0.6) is 0 Å². The molecule has 0 unspecified atom stereocenters. The molecule has 0 saturated heterocycles. The number of aromatic nitrogens is 1. The van der Waals surface area contributed by atoms with Crippen LogP contribution >= 0.6 is 0 Å². The summed E-state index contributed by atoms with van der Waals surface area (Å²) in [5.41, 5.74) is 3.18. The van der Waals surface area contributed by atoms with Gasteiger partial charge in [0.1, 0.15) is 0 Å². The van der Waals surface area contributed by atoms with E-state index in [1.165, 1.54) is 11.8 Å². The van der Waals surface area contributed by atoms with Crippen molar-refractivity contribution in [3.8, 4) is 0 Å². The zero-order valence-electron chi connectivity index (χ0n) is 8.68. The van der Waals surface area contributed by atoms with Crippen LogP contribution in [0.4, 0.5) is 0 Å². The number of aryl methyl sites for hydroxylation is 1. The molecule has 2 rings (SSSR count). The molecule has 0 radical (unpaired) electrons. The van der Waals surface area contributed by atoms with E-state index in [0.29, 0.717) is 6.42 Å². The van der Waals surface area contributed by atoms with Gasteiger partial charge in [0.2, 0.25) is 0 Å². The van der Waals surface area contributed by atoms with E-state index in [1.54, 1.807) is 6.07 Å². The van der Waals surface area contributed by atoms with Crippen LogP contribution in [0.15, 0.2) is 48.7 Å². The molecule has 0 fully saturated rings. The number of pyridine rings is 1. The first kappa shape index (κ1) is 9.71. The van der Waals surface area contributed by atoms with Gasteiger partial charge in [-0.15, -0.1) is 0 Å². The van der Waals surface area contributed by atoms with E-state index in [4.69, 9.17) is 0 Å². The van der Waals surface area contributed by atoms with Crippen molar-refractivity contribution in [3.05, 3.63) is 70.7 Å². The topological polar surface area (TPSA) is 26.9 Å². The summed E-state index contributed by atoms with van der Waals surface area (Å²) in [5.74, 6) is 0. The second-order valence-electron chi connectivity index (χ2n) is 3.68. The van der Waals surface area contributed by atoms with Gasteiger partial charge in [0.25, 0.3) is 0 Å². The lowest BCUT2D eigenvalue weighted by Gasteiger charge is -2.03. The summed E-state index contributed by atoms with van der Waals surface area (Å²) >= 11 is 0. The highest BCUT2D eigenvalue weighted by Crippen LogP contribution is 2.07. The SMILES string of the molecule is Cc1ccc(Cc2cccc[n+]2[O-])cc1. The van der Waals surface area contributed by atoms with Crippen LogP contribution in [-0.2, 0) is 6.42 Å². The minimum Gasteiger partial charge on any atom is -0.618 e. The molecule has 0 aliphatic carbocycles. The maximum absolute atomic E-state index is 11.4. The first-order valence-electron chi connectivity index (χ1n) is 4.98. The molecule has 0 atom stereocenters. The van der Waals surface area contributed by atoms with E-state index in [2.05, 4.69) is 31.2 Å². The van der Waals surface area contributed by atoms with E-state index in [1.807, 2.05) is 12.1 Å². The van der Waals surface area contributed by atoms with E-state index in [9.17, 15) is 5.21 Å². The largest absolute Gasteiger partial charge is 0.618 e. The van der Waals surface area contributed by atoms with Gasteiger partial charge in [-0.1, -0.05) is 35.9 Å². The standard InChI is InChI=1S/C13H13NO/c1-11-5-7-12(8-6-11)10-13-4-2-3-9-14(13)15/h2-9H,10H2,1H3. The summed E-state index contributed by atoms with van der Waals surface area (Å²) in [6.45, 7) is 2.06. The normalized spacial score (nSPS) is 10.2. The smallest absolute Gasteiger partial charge is 0.197 e. The van der Waals surface area contributed by atoms with E-state index < -0.39 is 0 Å². The highest BCUT2D eigenvalue weighted by molar-refractivity contribution is 5.24. The Bertz CT molecular complexity index is 448. The van der Waals surface area contributed by atoms with Gasteiger partial charge in [-0.2, -0.15) is 4.73 Å². The van der Waals surface area contributed by atoms with Crippen molar-refractivity contribution in [1.82, 2.24) is 0 Å². The van der Waals surface area contributed by atoms with Gasteiger partial charge in [0.05, 0.1) is 6.42 Å². The molecule has 76 valence electrons. The van der Waals surface area contributed by atoms with E-state index in [-0.39, 0.29) is 0 Å². The predicted molar refractivity (Wildman–Crippen MR) is 59.4 cm³/mol. The molecule has 1 aromatic heterocycles. The van der Waals surface area contributed by atoms with Crippen LogP contribution in [0, 0.1) is 12.1 Å². The maximum atomic E-state index is 11.4. The number of nitrogens with zero attached hydrogens (tertiary/aromatic N) is 1. The highest BCUT2D eigenvalue weighted by atomic mass is 16.5. The molecule has 2 aromatic rings. The number of rotatable bonds is 2. The van der Waals surface area contributed by atoms with Crippen LogP contribution in [-0.4, -0.2) is 0 Å². The molecule has 0 amide bonds. The summed E-state index contributed by atoms with van der Waals surface area (Å²) in [7, 11) is 0. The summed E-state index contributed by atoms with van der Waals surface area (Å²) in [6.07, 6.45) is 2.22. The van der Waals surface area contributed by atoms with Gasteiger partial charge < -0.3 is 5.21 Å². The summed E-state index contributed by atoms with van der Waals surface area (Å²) in [6, 6.07) is 13.7. The molecule has 0 spiro atoms. The number of hydrogen-bond donors (Lipinski definition) is 0. The lowest BCUT2D eigenvalue weighted by Crippen LogP contribution is -2.30. The minimum absolute atomic E-state index is 0.685. The second kappa shape index (κ2) is 4.13. The van der Waals surface area contributed by atoms with Crippen LogP contribution in [0.25, 0.3) is 0 Å². The summed E-state index contributed by atoms with van der Waals surface area (Å²) < 4.78 is 0.917. The third kappa shape index (κ3) is 2.34. The van der Waals surface area contributed by atoms with Crippen molar-refractivity contribution in [2.75, 3.05) is 0 Å². The molecule has 0 aliphatic rings. The monoisotopic (exact) mass is 199 g/mol. The van der Waals surface area contributed by atoms with Crippen molar-refractivity contribution in [2.45, 2.75) is 13.3 Å². The molecule has 1 aromatic carbocycles. The fourth-order valence-corrected chi connectivity index (χ4v) is 1.52. The predicted octanol–water partition coefficient (Wildman–Crippen LogP) is 2.22. The first-order valence-corrected chi connectivity index (χ1v) is 4.98. The van der Waals surface area contributed by atoms with E-state index in [0.717, 1.165) is 16.0 Å². The molecule has 0 bridgehead atoms. The van der Waals surface area contributed by atoms with Gasteiger partial charge in [0.15, 0.2) is 11.9 Å². The Morgan fingerprint density at radius 2 is 1.80 bits per heavy atom. The van der Waals surface area contributed by atoms with Crippen molar-refractivity contribution in [2.24, 2.45) is 0 Å². The summed E-state index contributed by atoms with van der Waals surface area (Å²) in [5, 5.41) is 11.4. The van der Waals surface area contributed by atoms with Crippen molar-refractivity contribution < 1.29 is 4.73 Å². The van der Waals surface area contributed by atoms with Gasteiger partial charge >= 0.3 is 0 Å². The van der Waals surface area contributed by atoms with Crippen molar-refractivity contribution in [3.63, 3.8) is 0 Å². The average Bonchev–Trinajstić information content (AvgIpc) is 2.25. The Kier molecular flexibility index (Phi) is 2.68. The highest BCUT2D eigenvalue weighted by Gasteiger charge is 2.04. The Morgan fingerprint density at radius 1 is 1.07 bits per heavy atom. The van der Waals surface area contributed by atoms with Crippen LogP contribution in [0.2, 0.25) is 0 Å². The third-order valence-electron chi connectivity index (χ3n) is 2.41. The molecule has 2 heteroatoms. The lowest BCUT2D eigenvalue weighted by atomic mass is 10.1.